The average Bonchev–Trinajstić information content (AvgIpc) is 3.21. The lowest BCUT2D eigenvalue weighted by Crippen LogP contribution is -2.18. The maximum Gasteiger partial charge on any atom is 0.416 e. The van der Waals surface area contributed by atoms with Crippen molar-refractivity contribution in [3.05, 3.63) is 63.9 Å². The van der Waals surface area contributed by atoms with Crippen LogP contribution in [0.4, 0.5) is 18.3 Å². The predicted molar refractivity (Wildman–Crippen MR) is 113 cm³/mol. The van der Waals surface area contributed by atoms with Gasteiger partial charge in [0.2, 0.25) is 5.13 Å². The van der Waals surface area contributed by atoms with E-state index in [-0.39, 0.29) is 14.5 Å². The SMILES string of the molecule is O=S(=O)(Nc1ncns1)c1ccc2c(c1)CCCC2Oc1ccc(C(F)(F)F)cc1Br. The molecule has 0 radical (unpaired) electrons. The number of anilines is 1. The third-order valence-electron chi connectivity index (χ3n) is 4.80. The zero-order valence-electron chi connectivity index (χ0n) is 15.7. The zero-order chi connectivity index (χ0) is 22.2. The fourth-order valence-corrected chi connectivity index (χ4v) is 5.54. The number of nitrogens with zero attached hydrogens (tertiary/aromatic N) is 2. The van der Waals surface area contributed by atoms with Gasteiger partial charge < -0.3 is 4.74 Å². The quantitative estimate of drug-likeness (QED) is 0.463. The number of aryl methyl sites for hydroxylation is 1. The fraction of sp³-hybridized carbons (Fsp3) is 0.263. The van der Waals surface area contributed by atoms with Crippen LogP contribution in [0.5, 0.6) is 5.75 Å². The molecule has 164 valence electrons. The summed E-state index contributed by atoms with van der Waals surface area (Å²) in [6.45, 7) is 0. The van der Waals surface area contributed by atoms with Crippen LogP contribution in [-0.4, -0.2) is 17.8 Å². The molecule has 3 aromatic rings. The normalized spacial score (nSPS) is 16.6. The molecule has 2 aromatic carbocycles. The number of ether oxygens (including phenoxy) is 1. The summed E-state index contributed by atoms with van der Waals surface area (Å²) in [4.78, 5) is 3.92. The van der Waals surface area contributed by atoms with Crippen molar-refractivity contribution in [3.8, 4) is 5.75 Å². The molecule has 6 nitrogen and oxygen atoms in total. The second-order valence-corrected chi connectivity index (χ2v) is 10.2. The minimum atomic E-state index is -4.44. The summed E-state index contributed by atoms with van der Waals surface area (Å²) < 4.78 is 76.2. The van der Waals surface area contributed by atoms with E-state index >= 15 is 0 Å². The number of hydrogen-bond donors (Lipinski definition) is 1. The van der Waals surface area contributed by atoms with E-state index in [1.165, 1.54) is 18.5 Å². The van der Waals surface area contributed by atoms with Crippen molar-refractivity contribution < 1.29 is 26.3 Å². The number of halogens is 4. The summed E-state index contributed by atoms with van der Waals surface area (Å²) in [6, 6.07) is 7.99. The first kappa shape index (κ1) is 22.0. The molecule has 0 bridgehead atoms. The van der Waals surface area contributed by atoms with Crippen LogP contribution in [-0.2, 0) is 22.6 Å². The Morgan fingerprint density at radius 3 is 2.68 bits per heavy atom. The maximum atomic E-state index is 12.9. The molecular weight excluding hydrogens is 519 g/mol. The first-order chi connectivity index (χ1) is 14.6. The third kappa shape index (κ3) is 4.85. The van der Waals surface area contributed by atoms with Crippen LogP contribution in [0.1, 0.15) is 35.6 Å². The van der Waals surface area contributed by atoms with Gasteiger partial charge in [-0.1, -0.05) is 6.07 Å². The molecule has 4 rings (SSSR count). The Morgan fingerprint density at radius 1 is 1.19 bits per heavy atom. The van der Waals surface area contributed by atoms with E-state index in [0.717, 1.165) is 41.2 Å². The first-order valence-electron chi connectivity index (χ1n) is 9.09. The van der Waals surface area contributed by atoms with Gasteiger partial charge in [-0.2, -0.15) is 17.5 Å². The summed E-state index contributed by atoms with van der Waals surface area (Å²) in [7, 11) is -3.82. The van der Waals surface area contributed by atoms with Crippen LogP contribution in [0.25, 0.3) is 0 Å². The Hall–Kier alpha value is -2.18. The lowest BCUT2D eigenvalue weighted by molar-refractivity contribution is -0.137. The van der Waals surface area contributed by atoms with Crippen molar-refractivity contribution in [2.24, 2.45) is 0 Å². The average molecular weight is 534 g/mol. The number of alkyl halides is 3. The number of hydrogen-bond acceptors (Lipinski definition) is 6. The van der Waals surface area contributed by atoms with E-state index in [4.69, 9.17) is 4.74 Å². The Balaban J connectivity index is 1.58. The molecule has 0 saturated carbocycles. The van der Waals surface area contributed by atoms with Crippen molar-refractivity contribution in [3.63, 3.8) is 0 Å². The highest BCUT2D eigenvalue weighted by Crippen LogP contribution is 2.39. The Bertz CT molecular complexity index is 1200. The number of nitrogens with one attached hydrogen (secondary N) is 1. The summed E-state index contributed by atoms with van der Waals surface area (Å²) in [5.41, 5.74) is 0.862. The van der Waals surface area contributed by atoms with Crippen LogP contribution in [0.15, 0.2) is 52.1 Å². The summed E-state index contributed by atoms with van der Waals surface area (Å²) in [5, 5.41) is 0.172. The third-order valence-corrected chi connectivity index (χ3v) is 7.46. The van der Waals surface area contributed by atoms with Gasteiger partial charge in [-0.15, -0.1) is 0 Å². The molecule has 0 aliphatic heterocycles. The molecular formula is C19H15BrF3N3O3S2. The number of sulfonamides is 1. The highest BCUT2D eigenvalue weighted by Gasteiger charge is 2.31. The van der Waals surface area contributed by atoms with Gasteiger partial charge in [0.05, 0.1) is 14.9 Å². The van der Waals surface area contributed by atoms with Crippen LogP contribution >= 0.6 is 27.5 Å². The number of rotatable bonds is 5. The van der Waals surface area contributed by atoms with Crippen molar-refractivity contribution >= 4 is 42.6 Å². The summed E-state index contributed by atoms with van der Waals surface area (Å²) >= 11 is 4.08. The molecule has 0 fully saturated rings. The first-order valence-corrected chi connectivity index (χ1v) is 12.1. The van der Waals surface area contributed by atoms with E-state index in [1.807, 2.05) is 0 Å². The van der Waals surface area contributed by atoms with E-state index in [0.29, 0.717) is 18.6 Å². The molecule has 1 aliphatic rings. The Labute approximate surface area is 188 Å². The molecule has 0 saturated heterocycles. The van der Waals surface area contributed by atoms with E-state index in [1.54, 1.807) is 12.1 Å². The van der Waals surface area contributed by atoms with Gasteiger partial charge in [0.25, 0.3) is 10.0 Å². The van der Waals surface area contributed by atoms with Crippen molar-refractivity contribution in [2.45, 2.75) is 36.4 Å². The van der Waals surface area contributed by atoms with E-state index in [2.05, 4.69) is 30.0 Å². The van der Waals surface area contributed by atoms with Gasteiger partial charge in [-0.3, -0.25) is 4.72 Å². The molecule has 1 N–H and O–H groups in total. The van der Waals surface area contributed by atoms with Gasteiger partial charge in [-0.25, -0.2) is 13.4 Å². The minimum absolute atomic E-state index is 0.0952. The van der Waals surface area contributed by atoms with Crippen LogP contribution < -0.4 is 9.46 Å². The largest absolute Gasteiger partial charge is 0.485 e. The fourth-order valence-electron chi connectivity index (χ4n) is 3.35. The maximum absolute atomic E-state index is 12.9. The molecule has 0 amide bonds. The molecule has 1 aliphatic carbocycles. The number of benzene rings is 2. The highest BCUT2D eigenvalue weighted by atomic mass is 79.9. The Morgan fingerprint density at radius 2 is 2.00 bits per heavy atom. The molecule has 1 unspecified atom stereocenters. The van der Waals surface area contributed by atoms with Gasteiger partial charge in [-0.05, 0) is 76.7 Å². The second kappa shape index (κ2) is 8.40. The monoisotopic (exact) mass is 533 g/mol. The summed E-state index contributed by atoms with van der Waals surface area (Å²) in [5.74, 6) is 0.292. The predicted octanol–water partition coefficient (Wildman–Crippen LogP) is 5.58. The van der Waals surface area contributed by atoms with Crippen molar-refractivity contribution in [1.82, 2.24) is 9.36 Å². The molecule has 0 spiro atoms. The smallest absolute Gasteiger partial charge is 0.416 e. The van der Waals surface area contributed by atoms with Gasteiger partial charge in [0.1, 0.15) is 18.2 Å². The van der Waals surface area contributed by atoms with Crippen molar-refractivity contribution in [1.29, 1.82) is 0 Å². The van der Waals surface area contributed by atoms with Gasteiger partial charge >= 0.3 is 6.18 Å². The molecule has 1 aromatic heterocycles. The highest BCUT2D eigenvalue weighted by molar-refractivity contribution is 9.10. The lowest BCUT2D eigenvalue weighted by atomic mass is 9.89. The van der Waals surface area contributed by atoms with Crippen LogP contribution in [0.3, 0.4) is 0 Å². The minimum Gasteiger partial charge on any atom is -0.485 e. The number of fused-ring (bicyclic) bond motifs is 1. The standard InChI is InChI=1S/C19H15BrF3N3O3S2/c20-15-9-12(19(21,22)23)4-7-17(15)29-16-3-1-2-11-8-13(5-6-14(11)16)31(27,28)26-18-24-10-25-30-18/h4-10,16H,1-3H2,(H,24,25,26). The second-order valence-electron chi connectivity index (χ2n) is 6.85. The Kier molecular flexibility index (Phi) is 5.97. The summed E-state index contributed by atoms with van der Waals surface area (Å²) in [6.07, 6.45) is -1.49. The topological polar surface area (TPSA) is 81.2 Å². The molecule has 31 heavy (non-hydrogen) atoms. The van der Waals surface area contributed by atoms with Gasteiger partial charge in [0.15, 0.2) is 0 Å². The van der Waals surface area contributed by atoms with Crippen molar-refractivity contribution in [2.75, 3.05) is 4.72 Å². The van der Waals surface area contributed by atoms with Crippen LogP contribution in [0, 0.1) is 0 Å². The van der Waals surface area contributed by atoms with Crippen LogP contribution in [0.2, 0.25) is 0 Å². The molecule has 12 heteroatoms. The molecule has 1 atom stereocenters. The zero-order valence-corrected chi connectivity index (χ0v) is 18.9. The van der Waals surface area contributed by atoms with E-state index < -0.39 is 27.9 Å². The molecule has 1 heterocycles. The van der Waals surface area contributed by atoms with E-state index in [9.17, 15) is 21.6 Å². The lowest BCUT2D eigenvalue weighted by Gasteiger charge is -2.27. The number of aromatic nitrogens is 2. The van der Waals surface area contributed by atoms with Gasteiger partial charge in [0, 0.05) is 11.5 Å².